The molecule has 8 heteroatoms. The normalized spacial score (nSPS) is 15.0. The van der Waals surface area contributed by atoms with Gasteiger partial charge in [-0.05, 0) is 38.1 Å². The largest absolute Gasteiger partial charge is 0.462 e. The van der Waals surface area contributed by atoms with Crippen LogP contribution in [0.25, 0.3) is 11.3 Å². The average Bonchev–Trinajstić information content (AvgIpc) is 3.11. The number of anilines is 2. The number of fused-ring (bicyclic) bond motifs is 1. The van der Waals surface area contributed by atoms with E-state index in [1.165, 1.54) is 0 Å². The predicted molar refractivity (Wildman–Crippen MR) is 116 cm³/mol. The minimum absolute atomic E-state index is 0.0188. The Bertz CT molecular complexity index is 1140. The van der Waals surface area contributed by atoms with Crippen LogP contribution >= 0.6 is 0 Å². The summed E-state index contributed by atoms with van der Waals surface area (Å²) >= 11 is 0. The number of aromatic nitrogens is 2. The molecule has 2 amide bonds. The fraction of sp³-hybridized carbons (Fsp3) is 0.217. The van der Waals surface area contributed by atoms with E-state index in [0.29, 0.717) is 17.1 Å². The predicted octanol–water partition coefficient (Wildman–Crippen LogP) is 3.56. The number of esters is 1. The molecule has 8 nitrogen and oxygen atoms in total. The Morgan fingerprint density at radius 3 is 2.55 bits per heavy atom. The molecule has 1 atom stereocenters. The summed E-state index contributed by atoms with van der Waals surface area (Å²) in [6, 6.07) is 15.2. The highest BCUT2D eigenvalue weighted by atomic mass is 16.5. The first-order valence-electron chi connectivity index (χ1n) is 10.0. The standard InChI is InChI=1S/C23H22N4O4/c1-3-31-23(30)16-9-11-17(12-10-16)24-22(29)18-13-19(28)25-21-14(2)20(26-27(18)21)15-7-5-4-6-8-15/h4-12,18H,3,13H2,1-2H3,(H,24,29)(H,25,28)/t18-/m1/s1. The number of carbonyl (C=O) groups is 3. The number of ether oxygens (including phenoxy) is 1. The molecule has 2 N–H and O–H groups in total. The van der Waals surface area contributed by atoms with Gasteiger partial charge in [0.2, 0.25) is 11.8 Å². The van der Waals surface area contributed by atoms with E-state index in [1.54, 1.807) is 35.9 Å². The second kappa shape index (κ2) is 8.43. The third-order valence-corrected chi connectivity index (χ3v) is 5.09. The van der Waals surface area contributed by atoms with Crippen LogP contribution in [0.4, 0.5) is 11.5 Å². The maximum absolute atomic E-state index is 13.0. The average molecular weight is 418 g/mol. The third-order valence-electron chi connectivity index (χ3n) is 5.09. The summed E-state index contributed by atoms with van der Waals surface area (Å²) < 4.78 is 6.53. The molecule has 0 aliphatic carbocycles. The van der Waals surface area contributed by atoms with Crippen molar-refractivity contribution in [2.24, 2.45) is 0 Å². The first-order valence-corrected chi connectivity index (χ1v) is 10.0. The molecule has 158 valence electrons. The van der Waals surface area contributed by atoms with E-state index >= 15 is 0 Å². The number of nitrogens with one attached hydrogen (secondary N) is 2. The first-order chi connectivity index (χ1) is 15.0. The number of hydrogen-bond donors (Lipinski definition) is 2. The minimum Gasteiger partial charge on any atom is -0.462 e. The van der Waals surface area contributed by atoms with Crippen LogP contribution in [0.15, 0.2) is 54.6 Å². The van der Waals surface area contributed by atoms with Gasteiger partial charge in [-0.2, -0.15) is 5.10 Å². The van der Waals surface area contributed by atoms with Crippen molar-refractivity contribution in [2.45, 2.75) is 26.3 Å². The van der Waals surface area contributed by atoms with E-state index in [4.69, 9.17) is 4.74 Å². The molecular weight excluding hydrogens is 396 g/mol. The summed E-state index contributed by atoms with van der Waals surface area (Å²) in [5.41, 5.74) is 3.34. The highest BCUT2D eigenvalue weighted by Gasteiger charge is 2.34. The first kappa shape index (κ1) is 20.3. The van der Waals surface area contributed by atoms with Crippen molar-refractivity contribution in [3.8, 4) is 11.3 Å². The van der Waals surface area contributed by atoms with E-state index in [2.05, 4.69) is 15.7 Å². The number of benzene rings is 2. The Labute approximate surface area is 179 Å². The number of amides is 2. The second-order valence-corrected chi connectivity index (χ2v) is 7.19. The Hall–Kier alpha value is -3.94. The summed E-state index contributed by atoms with van der Waals surface area (Å²) in [5.74, 6) is -0.502. The fourth-order valence-corrected chi connectivity index (χ4v) is 3.54. The smallest absolute Gasteiger partial charge is 0.338 e. The summed E-state index contributed by atoms with van der Waals surface area (Å²) in [4.78, 5) is 37.1. The van der Waals surface area contributed by atoms with Crippen LogP contribution < -0.4 is 10.6 Å². The molecule has 1 aliphatic rings. The maximum Gasteiger partial charge on any atom is 0.338 e. The molecule has 2 heterocycles. The van der Waals surface area contributed by atoms with Gasteiger partial charge >= 0.3 is 5.97 Å². The highest BCUT2D eigenvalue weighted by molar-refractivity contribution is 6.02. The van der Waals surface area contributed by atoms with Gasteiger partial charge in [0.15, 0.2) is 0 Å². The summed E-state index contributed by atoms with van der Waals surface area (Å²) in [5, 5.41) is 10.3. The van der Waals surface area contributed by atoms with Gasteiger partial charge in [-0.1, -0.05) is 30.3 Å². The van der Waals surface area contributed by atoms with Gasteiger partial charge in [-0.25, -0.2) is 9.48 Å². The Balaban J connectivity index is 1.59. The van der Waals surface area contributed by atoms with E-state index in [0.717, 1.165) is 16.8 Å². The topological polar surface area (TPSA) is 102 Å². The fourth-order valence-electron chi connectivity index (χ4n) is 3.54. The van der Waals surface area contributed by atoms with Gasteiger partial charge in [-0.15, -0.1) is 0 Å². The molecule has 4 rings (SSSR count). The Kier molecular flexibility index (Phi) is 5.53. The van der Waals surface area contributed by atoms with Crippen LogP contribution in [0.5, 0.6) is 0 Å². The van der Waals surface area contributed by atoms with Crippen molar-refractivity contribution >= 4 is 29.3 Å². The Morgan fingerprint density at radius 1 is 1.16 bits per heavy atom. The van der Waals surface area contributed by atoms with Crippen LogP contribution in [0.3, 0.4) is 0 Å². The maximum atomic E-state index is 13.0. The summed E-state index contributed by atoms with van der Waals surface area (Å²) in [6.45, 7) is 3.90. The number of carbonyl (C=O) groups excluding carboxylic acids is 3. The minimum atomic E-state index is -0.787. The van der Waals surface area contributed by atoms with E-state index in [9.17, 15) is 14.4 Å². The molecule has 0 bridgehead atoms. The molecule has 0 unspecified atom stereocenters. The second-order valence-electron chi connectivity index (χ2n) is 7.19. The Morgan fingerprint density at radius 2 is 1.87 bits per heavy atom. The van der Waals surface area contributed by atoms with Gasteiger partial charge in [0.1, 0.15) is 11.9 Å². The van der Waals surface area contributed by atoms with E-state index < -0.39 is 12.0 Å². The quantitative estimate of drug-likeness (QED) is 0.617. The van der Waals surface area contributed by atoms with Gasteiger partial charge in [0.25, 0.3) is 0 Å². The van der Waals surface area contributed by atoms with Crippen LogP contribution in [-0.2, 0) is 14.3 Å². The summed E-state index contributed by atoms with van der Waals surface area (Å²) in [6.07, 6.45) is -0.0188. The summed E-state index contributed by atoms with van der Waals surface area (Å²) in [7, 11) is 0. The van der Waals surface area contributed by atoms with Crippen molar-refractivity contribution in [3.63, 3.8) is 0 Å². The van der Waals surface area contributed by atoms with Crippen molar-refractivity contribution in [3.05, 3.63) is 65.7 Å². The lowest BCUT2D eigenvalue weighted by Gasteiger charge is -2.24. The molecular formula is C23H22N4O4. The molecule has 0 saturated carbocycles. The number of nitrogens with zero attached hydrogens (tertiary/aromatic N) is 2. The van der Waals surface area contributed by atoms with Crippen LogP contribution in [0, 0.1) is 6.92 Å². The van der Waals surface area contributed by atoms with Crippen LogP contribution in [0.1, 0.15) is 35.3 Å². The molecule has 0 spiro atoms. The zero-order valence-electron chi connectivity index (χ0n) is 17.2. The van der Waals surface area contributed by atoms with Crippen molar-refractivity contribution in [2.75, 3.05) is 17.2 Å². The van der Waals surface area contributed by atoms with Gasteiger partial charge in [0.05, 0.1) is 24.3 Å². The zero-order valence-corrected chi connectivity index (χ0v) is 17.2. The van der Waals surface area contributed by atoms with Crippen LogP contribution in [-0.4, -0.2) is 34.2 Å². The molecule has 0 fully saturated rings. The lowest BCUT2D eigenvalue weighted by Crippen LogP contribution is -2.35. The monoisotopic (exact) mass is 418 g/mol. The number of hydrogen-bond acceptors (Lipinski definition) is 5. The van der Waals surface area contributed by atoms with Gasteiger partial charge in [0, 0.05) is 16.8 Å². The molecule has 1 aromatic heterocycles. The van der Waals surface area contributed by atoms with E-state index in [1.807, 2.05) is 37.3 Å². The van der Waals surface area contributed by atoms with Gasteiger partial charge in [-0.3, -0.25) is 9.59 Å². The highest BCUT2D eigenvalue weighted by Crippen LogP contribution is 2.34. The lowest BCUT2D eigenvalue weighted by molar-refractivity contribution is -0.125. The zero-order chi connectivity index (χ0) is 22.0. The van der Waals surface area contributed by atoms with Crippen molar-refractivity contribution < 1.29 is 19.1 Å². The molecule has 2 aromatic carbocycles. The molecule has 0 radical (unpaired) electrons. The van der Waals surface area contributed by atoms with Crippen molar-refractivity contribution in [1.29, 1.82) is 0 Å². The number of rotatable bonds is 5. The SMILES string of the molecule is CCOC(=O)c1ccc(NC(=O)[C@H]2CC(=O)Nc3c(C)c(-c4ccccc4)nn32)cc1. The lowest BCUT2D eigenvalue weighted by atomic mass is 10.1. The van der Waals surface area contributed by atoms with E-state index in [-0.39, 0.29) is 24.8 Å². The molecule has 1 aliphatic heterocycles. The molecule has 31 heavy (non-hydrogen) atoms. The third kappa shape index (κ3) is 4.05. The molecule has 3 aromatic rings. The molecule has 0 saturated heterocycles. The van der Waals surface area contributed by atoms with Crippen molar-refractivity contribution in [1.82, 2.24) is 9.78 Å². The van der Waals surface area contributed by atoms with Crippen LogP contribution in [0.2, 0.25) is 0 Å². The van der Waals surface area contributed by atoms with Gasteiger partial charge < -0.3 is 15.4 Å².